The summed E-state index contributed by atoms with van der Waals surface area (Å²) >= 11 is 0. The first-order valence-corrected chi connectivity index (χ1v) is 9.46. The SMILES string of the molecule is CCCCC[C@H]1CC[C@H](COCC2CCCCC2)CC1. The maximum Gasteiger partial charge on any atom is 0.0494 e. The fraction of sp³-hybridized carbons (Fsp3) is 1.00. The van der Waals surface area contributed by atoms with Gasteiger partial charge in [0.25, 0.3) is 0 Å². The average Bonchev–Trinajstić information content (AvgIpc) is 2.50. The van der Waals surface area contributed by atoms with Crippen LogP contribution in [-0.2, 0) is 4.74 Å². The third-order valence-electron chi connectivity index (χ3n) is 5.61. The molecule has 20 heavy (non-hydrogen) atoms. The molecule has 0 aromatic heterocycles. The smallest absolute Gasteiger partial charge is 0.0494 e. The van der Waals surface area contributed by atoms with E-state index in [-0.39, 0.29) is 0 Å². The van der Waals surface area contributed by atoms with Gasteiger partial charge in [-0.2, -0.15) is 0 Å². The fourth-order valence-corrected chi connectivity index (χ4v) is 4.13. The number of unbranched alkanes of at least 4 members (excludes halogenated alkanes) is 2. The molecular weight excluding hydrogens is 244 g/mol. The van der Waals surface area contributed by atoms with E-state index in [0.717, 1.165) is 31.0 Å². The Bertz CT molecular complexity index is 224. The first kappa shape index (κ1) is 16.3. The molecule has 2 saturated carbocycles. The van der Waals surface area contributed by atoms with Gasteiger partial charge in [-0.15, -0.1) is 0 Å². The van der Waals surface area contributed by atoms with Gasteiger partial charge in [0.15, 0.2) is 0 Å². The van der Waals surface area contributed by atoms with E-state index in [0.29, 0.717) is 0 Å². The van der Waals surface area contributed by atoms with Crippen molar-refractivity contribution in [3.05, 3.63) is 0 Å². The van der Waals surface area contributed by atoms with Gasteiger partial charge < -0.3 is 4.74 Å². The van der Waals surface area contributed by atoms with Crippen molar-refractivity contribution in [3.63, 3.8) is 0 Å². The van der Waals surface area contributed by atoms with Gasteiger partial charge in [0, 0.05) is 13.2 Å². The molecule has 2 aliphatic rings. The van der Waals surface area contributed by atoms with Crippen LogP contribution < -0.4 is 0 Å². The predicted octanol–water partition coefficient (Wildman–Crippen LogP) is 5.97. The van der Waals surface area contributed by atoms with Crippen molar-refractivity contribution < 1.29 is 4.74 Å². The van der Waals surface area contributed by atoms with Gasteiger partial charge in [-0.25, -0.2) is 0 Å². The van der Waals surface area contributed by atoms with Gasteiger partial charge >= 0.3 is 0 Å². The summed E-state index contributed by atoms with van der Waals surface area (Å²) in [5, 5.41) is 0. The molecule has 2 fully saturated rings. The lowest BCUT2D eigenvalue weighted by Crippen LogP contribution is -2.21. The summed E-state index contributed by atoms with van der Waals surface area (Å²) in [6, 6.07) is 0. The van der Waals surface area contributed by atoms with E-state index in [1.807, 2.05) is 0 Å². The van der Waals surface area contributed by atoms with Crippen LogP contribution in [0.3, 0.4) is 0 Å². The molecule has 0 amide bonds. The molecule has 0 atom stereocenters. The average molecular weight is 280 g/mol. The summed E-state index contributed by atoms with van der Waals surface area (Å²) in [5.41, 5.74) is 0. The minimum absolute atomic E-state index is 0.876. The molecule has 2 rings (SSSR count). The minimum atomic E-state index is 0.876. The monoisotopic (exact) mass is 280 g/mol. The van der Waals surface area contributed by atoms with Crippen molar-refractivity contribution in [1.82, 2.24) is 0 Å². The molecular formula is C19H36O. The van der Waals surface area contributed by atoms with Crippen molar-refractivity contribution in [2.75, 3.05) is 13.2 Å². The van der Waals surface area contributed by atoms with Crippen LogP contribution in [0.15, 0.2) is 0 Å². The number of ether oxygens (including phenoxy) is 1. The minimum Gasteiger partial charge on any atom is -0.381 e. The molecule has 118 valence electrons. The lowest BCUT2D eigenvalue weighted by atomic mass is 9.80. The normalized spacial score (nSPS) is 28.6. The molecule has 0 heterocycles. The largest absolute Gasteiger partial charge is 0.381 e. The maximum atomic E-state index is 6.05. The Kier molecular flexibility index (Phi) is 8.02. The lowest BCUT2D eigenvalue weighted by Gasteiger charge is -2.29. The second-order valence-electron chi connectivity index (χ2n) is 7.42. The summed E-state index contributed by atoms with van der Waals surface area (Å²) in [6.07, 6.45) is 18.7. The fourth-order valence-electron chi connectivity index (χ4n) is 4.13. The Morgan fingerprint density at radius 1 is 0.700 bits per heavy atom. The van der Waals surface area contributed by atoms with Crippen molar-refractivity contribution >= 4 is 0 Å². The van der Waals surface area contributed by atoms with E-state index in [2.05, 4.69) is 6.92 Å². The molecule has 0 spiro atoms. The number of hydrogen-bond donors (Lipinski definition) is 0. The van der Waals surface area contributed by atoms with Crippen LogP contribution in [0.5, 0.6) is 0 Å². The van der Waals surface area contributed by atoms with Crippen LogP contribution in [0.25, 0.3) is 0 Å². The third-order valence-corrected chi connectivity index (χ3v) is 5.61. The second-order valence-corrected chi connectivity index (χ2v) is 7.42. The summed E-state index contributed by atoms with van der Waals surface area (Å²) in [5.74, 6) is 2.80. The first-order chi connectivity index (χ1) is 9.88. The van der Waals surface area contributed by atoms with Gasteiger partial charge in [-0.3, -0.25) is 0 Å². The molecule has 1 heteroatoms. The van der Waals surface area contributed by atoms with Gasteiger partial charge in [0.05, 0.1) is 0 Å². The van der Waals surface area contributed by atoms with Crippen molar-refractivity contribution in [2.45, 2.75) is 90.4 Å². The van der Waals surface area contributed by atoms with E-state index >= 15 is 0 Å². The highest BCUT2D eigenvalue weighted by atomic mass is 16.5. The Morgan fingerprint density at radius 3 is 1.95 bits per heavy atom. The van der Waals surface area contributed by atoms with Crippen molar-refractivity contribution in [3.8, 4) is 0 Å². The van der Waals surface area contributed by atoms with Gasteiger partial charge in [0.2, 0.25) is 0 Å². The Morgan fingerprint density at radius 2 is 1.30 bits per heavy atom. The molecule has 0 aromatic rings. The van der Waals surface area contributed by atoms with Crippen LogP contribution in [0, 0.1) is 17.8 Å². The Labute approximate surface area is 126 Å². The van der Waals surface area contributed by atoms with Crippen LogP contribution in [-0.4, -0.2) is 13.2 Å². The van der Waals surface area contributed by atoms with E-state index in [1.54, 1.807) is 0 Å². The molecule has 1 nitrogen and oxygen atoms in total. The second kappa shape index (κ2) is 9.82. The molecule has 0 saturated heterocycles. The molecule has 0 N–H and O–H groups in total. The zero-order valence-corrected chi connectivity index (χ0v) is 13.7. The van der Waals surface area contributed by atoms with Crippen LogP contribution >= 0.6 is 0 Å². The highest BCUT2D eigenvalue weighted by Crippen LogP contribution is 2.32. The molecule has 0 bridgehead atoms. The van der Waals surface area contributed by atoms with Gasteiger partial charge in [0.1, 0.15) is 0 Å². The number of rotatable bonds is 8. The Hall–Kier alpha value is -0.0400. The topological polar surface area (TPSA) is 9.23 Å². The van der Waals surface area contributed by atoms with E-state index in [1.165, 1.54) is 83.5 Å². The standard InChI is InChI=1S/C19H36O/c1-2-3-5-8-17-11-13-19(14-12-17)16-20-15-18-9-6-4-7-10-18/h17-19H,2-16H2,1H3/t17-,19-. The van der Waals surface area contributed by atoms with Gasteiger partial charge in [-0.05, 0) is 43.4 Å². The zero-order chi connectivity index (χ0) is 14.0. The van der Waals surface area contributed by atoms with Gasteiger partial charge in [-0.1, -0.05) is 64.7 Å². The molecule has 0 aromatic carbocycles. The summed E-state index contributed by atoms with van der Waals surface area (Å²) in [4.78, 5) is 0. The van der Waals surface area contributed by atoms with Crippen LogP contribution in [0.4, 0.5) is 0 Å². The number of hydrogen-bond acceptors (Lipinski definition) is 1. The van der Waals surface area contributed by atoms with E-state index in [9.17, 15) is 0 Å². The Balaban J connectivity index is 1.48. The van der Waals surface area contributed by atoms with Crippen LogP contribution in [0.1, 0.15) is 90.4 Å². The summed E-state index contributed by atoms with van der Waals surface area (Å²) < 4.78 is 6.05. The molecule has 0 aliphatic heterocycles. The van der Waals surface area contributed by atoms with Crippen molar-refractivity contribution in [2.24, 2.45) is 17.8 Å². The predicted molar refractivity (Wildman–Crippen MR) is 87.0 cm³/mol. The summed E-state index contributed by atoms with van der Waals surface area (Å²) in [6.45, 7) is 4.41. The molecule has 0 unspecified atom stereocenters. The highest BCUT2D eigenvalue weighted by molar-refractivity contribution is 4.73. The lowest BCUT2D eigenvalue weighted by molar-refractivity contribution is 0.0455. The van der Waals surface area contributed by atoms with E-state index in [4.69, 9.17) is 4.74 Å². The van der Waals surface area contributed by atoms with E-state index < -0.39 is 0 Å². The highest BCUT2D eigenvalue weighted by Gasteiger charge is 2.21. The molecule has 0 radical (unpaired) electrons. The summed E-state index contributed by atoms with van der Waals surface area (Å²) in [7, 11) is 0. The van der Waals surface area contributed by atoms with Crippen molar-refractivity contribution in [1.29, 1.82) is 0 Å². The quantitative estimate of drug-likeness (QED) is 0.498. The zero-order valence-electron chi connectivity index (χ0n) is 13.7. The maximum absolute atomic E-state index is 6.05. The first-order valence-electron chi connectivity index (χ1n) is 9.46. The third kappa shape index (κ3) is 6.16. The van der Waals surface area contributed by atoms with Crippen LogP contribution in [0.2, 0.25) is 0 Å². The molecule has 2 aliphatic carbocycles.